The molecule has 8 rings (SSSR count). The van der Waals surface area contributed by atoms with E-state index in [1.807, 2.05) is 20.0 Å². The van der Waals surface area contributed by atoms with E-state index in [0.717, 1.165) is 38.9 Å². The molecule has 1 N–H and O–H groups in total. The number of benzene rings is 3. The Morgan fingerprint density at radius 2 is 1.84 bits per heavy atom. The van der Waals surface area contributed by atoms with Crippen molar-refractivity contribution < 1.29 is 22.3 Å². The number of methoxy groups -OCH3 is 1. The zero-order valence-corrected chi connectivity index (χ0v) is 27.8. The van der Waals surface area contributed by atoms with Crippen LogP contribution in [0.5, 0.6) is 5.75 Å². The van der Waals surface area contributed by atoms with Gasteiger partial charge in [-0.05, 0) is 87.8 Å². The van der Waals surface area contributed by atoms with Crippen LogP contribution in [0.15, 0.2) is 76.6 Å². The van der Waals surface area contributed by atoms with Gasteiger partial charge >= 0.3 is 0 Å². The first kappa shape index (κ1) is 31.0. The molecule has 1 saturated heterocycles. The smallest absolute Gasteiger partial charge is 0.271 e. The topological polar surface area (TPSA) is 131 Å². The molecule has 250 valence electrons. The van der Waals surface area contributed by atoms with Crippen LogP contribution in [0.2, 0.25) is 0 Å². The molecule has 6 aromatic rings. The van der Waals surface area contributed by atoms with E-state index in [1.54, 1.807) is 23.1 Å². The zero-order valence-electron chi connectivity index (χ0n) is 27.0. The first-order valence-corrected chi connectivity index (χ1v) is 17.3. The highest BCUT2D eigenvalue weighted by Crippen LogP contribution is 2.40. The van der Waals surface area contributed by atoms with Crippen molar-refractivity contribution in [1.29, 1.82) is 0 Å². The van der Waals surface area contributed by atoms with Crippen molar-refractivity contribution in [2.75, 3.05) is 37.5 Å². The van der Waals surface area contributed by atoms with Gasteiger partial charge in [-0.1, -0.05) is 23.8 Å². The van der Waals surface area contributed by atoms with Crippen LogP contribution >= 0.6 is 0 Å². The van der Waals surface area contributed by atoms with Crippen molar-refractivity contribution in [3.05, 3.63) is 94.2 Å². The molecule has 5 heterocycles. The van der Waals surface area contributed by atoms with Crippen molar-refractivity contribution in [3.8, 4) is 5.75 Å². The van der Waals surface area contributed by atoms with Crippen molar-refractivity contribution in [1.82, 2.24) is 23.2 Å². The van der Waals surface area contributed by atoms with E-state index in [9.17, 15) is 18.0 Å². The third kappa shape index (κ3) is 4.84. The third-order valence-electron chi connectivity index (χ3n) is 9.53. The summed E-state index contributed by atoms with van der Waals surface area (Å²) >= 11 is 0. The fraction of sp³-hybridized carbons (Fsp3) is 0.257. The van der Waals surface area contributed by atoms with Crippen LogP contribution in [0.4, 0.5) is 21.7 Å². The van der Waals surface area contributed by atoms with E-state index in [2.05, 4.69) is 15.2 Å². The van der Waals surface area contributed by atoms with Gasteiger partial charge in [0.25, 0.3) is 15.6 Å². The van der Waals surface area contributed by atoms with Gasteiger partial charge in [-0.2, -0.15) is 4.98 Å². The van der Waals surface area contributed by atoms with Crippen LogP contribution in [0.1, 0.15) is 24.0 Å². The number of anilines is 3. The molecule has 12 nitrogen and oxygen atoms in total. The van der Waals surface area contributed by atoms with Gasteiger partial charge in [0.2, 0.25) is 11.9 Å². The minimum atomic E-state index is -4.13. The summed E-state index contributed by atoms with van der Waals surface area (Å²) in [6.07, 6.45) is 3.73. The lowest BCUT2D eigenvalue weighted by molar-refractivity contribution is -0.122. The summed E-state index contributed by atoms with van der Waals surface area (Å²) in [5.41, 5.74) is 2.36. The van der Waals surface area contributed by atoms with Crippen LogP contribution in [0.3, 0.4) is 0 Å². The second kappa shape index (κ2) is 11.4. The van der Waals surface area contributed by atoms with Gasteiger partial charge in [0.05, 0.1) is 34.6 Å². The summed E-state index contributed by atoms with van der Waals surface area (Å²) in [4.78, 5) is 41.0. The van der Waals surface area contributed by atoms with Crippen LogP contribution in [-0.2, 0) is 21.2 Å². The number of fused-ring (bicyclic) bond motifs is 5. The number of hydrogen-bond acceptors (Lipinski definition) is 9. The number of likely N-dealkylation sites (tertiary alicyclic amines) is 1. The quantitative estimate of drug-likeness (QED) is 0.250. The van der Waals surface area contributed by atoms with Gasteiger partial charge in [-0.25, -0.2) is 26.2 Å². The van der Waals surface area contributed by atoms with E-state index < -0.39 is 21.4 Å². The van der Waals surface area contributed by atoms with E-state index in [-0.39, 0.29) is 50.4 Å². The van der Waals surface area contributed by atoms with Crippen molar-refractivity contribution in [2.45, 2.75) is 37.1 Å². The number of aromatic nitrogens is 4. The van der Waals surface area contributed by atoms with E-state index >= 15 is 4.39 Å². The Morgan fingerprint density at radius 3 is 2.57 bits per heavy atom. The van der Waals surface area contributed by atoms with Gasteiger partial charge in [0.15, 0.2) is 11.3 Å². The Bertz CT molecular complexity index is 2510. The molecule has 1 amide bonds. The monoisotopic (exact) mass is 681 g/mol. The number of nitrogens with zero attached hydrogens (tertiary/aromatic N) is 6. The fourth-order valence-corrected chi connectivity index (χ4v) is 8.24. The van der Waals surface area contributed by atoms with Gasteiger partial charge < -0.3 is 15.0 Å². The zero-order chi connectivity index (χ0) is 34.2. The second-order valence-corrected chi connectivity index (χ2v) is 14.3. The number of halogens is 1. The SMILES string of the molecule is COc1cc2c(cc1Nc1nc3c(ccn3S(=O)(=O)c3ccc(C)cc3)c3nc4cccc(F)c4c(=O)n13)N(C(=O)[C@H]1CCCN1C)CC2. The van der Waals surface area contributed by atoms with E-state index in [4.69, 9.17) is 9.72 Å². The van der Waals surface area contributed by atoms with E-state index in [0.29, 0.717) is 30.1 Å². The minimum absolute atomic E-state index is 0.00642. The third-order valence-corrected chi connectivity index (χ3v) is 11.2. The van der Waals surface area contributed by atoms with Gasteiger partial charge in [0, 0.05) is 18.4 Å². The lowest BCUT2D eigenvalue weighted by Crippen LogP contribution is -2.43. The average Bonchev–Trinajstić information content (AvgIpc) is 3.82. The largest absolute Gasteiger partial charge is 0.495 e. The maximum Gasteiger partial charge on any atom is 0.271 e. The summed E-state index contributed by atoms with van der Waals surface area (Å²) in [6.45, 7) is 3.23. The molecule has 0 saturated carbocycles. The van der Waals surface area contributed by atoms with Gasteiger partial charge in [-0.15, -0.1) is 0 Å². The fourth-order valence-electron chi connectivity index (χ4n) is 6.94. The Morgan fingerprint density at radius 1 is 1.04 bits per heavy atom. The normalized spacial score (nSPS) is 16.6. The highest BCUT2D eigenvalue weighted by Gasteiger charge is 2.35. The molecule has 0 aliphatic carbocycles. The lowest BCUT2D eigenvalue weighted by atomic mass is 10.1. The summed E-state index contributed by atoms with van der Waals surface area (Å²) in [5, 5.41) is 3.20. The first-order chi connectivity index (χ1) is 23.6. The van der Waals surface area contributed by atoms with Crippen LogP contribution < -0.4 is 20.5 Å². The second-order valence-electron chi connectivity index (χ2n) is 12.5. The van der Waals surface area contributed by atoms with E-state index in [1.165, 1.54) is 49.7 Å². The van der Waals surface area contributed by atoms with Crippen LogP contribution in [0, 0.1) is 12.7 Å². The molecule has 1 fully saturated rings. The molecule has 0 radical (unpaired) electrons. The average molecular weight is 682 g/mol. The molecule has 2 aliphatic rings. The summed E-state index contributed by atoms with van der Waals surface area (Å²) in [5.74, 6) is -0.442. The number of ether oxygens (including phenoxy) is 1. The molecule has 14 heteroatoms. The van der Waals surface area contributed by atoms with Gasteiger partial charge in [-0.3, -0.25) is 14.5 Å². The van der Waals surface area contributed by atoms with Crippen molar-refractivity contribution in [3.63, 3.8) is 0 Å². The first-order valence-electron chi connectivity index (χ1n) is 15.9. The molecule has 3 aromatic carbocycles. The van der Waals surface area contributed by atoms with Crippen LogP contribution in [-0.4, -0.2) is 70.9 Å². The Labute approximate surface area is 280 Å². The molecule has 2 aliphatic heterocycles. The van der Waals surface area contributed by atoms with Crippen molar-refractivity contribution in [2.24, 2.45) is 0 Å². The molecular formula is C35H32FN7O5S. The highest BCUT2D eigenvalue weighted by atomic mass is 32.2. The predicted octanol–water partition coefficient (Wildman–Crippen LogP) is 4.62. The molecule has 49 heavy (non-hydrogen) atoms. The molecule has 0 bridgehead atoms. The number of carbonyl (C=O) groups is 1. The molecule has 0 spiro atoms. The Hall–Kier alpha value is -5.34. The molecule has 3 aromatic heterocycles. The maximum atomic E-state index is 15.1. The highest BCUT2D eigenvalue weighted by molar-refractivity contribution is 7.90. The van der Waals surface area contributed by atoms with Gasteiger partial charge in [0.1, 0.15) is 17.0 Å². The number of carbonyl (C=O) groups excluding carboxylic acids is 1. The number of aryl methyl sites for hydroxylation is 1. The summed E-state index contributed by atoms with van der Waals surface area (Å²) < 4.78 is 50.9. The number of nitrogens with one attached hydrogen (secondary N) is 1. The lowest BCUT2D eigenvalue weighted by Gasteiger charge is -2.26. The van der Waals surface area contributed by atoms with Crippen LogP contribution in [0.25, 0.3) is 27.6 Å². The summed E-state index contributed by atoms with van der Waals surface area (Å²) in [6, 6.07) is 15.5. The molecular weight excluding hydrogens is 649 g/mol. The standard InChI is InChI=1S/C35H32FN7O5S/c1-20-9-11-22(12-10-20)49(46,47)42-17-14-23-31(42)39-35(43-32(23)37-25-7-4-6-24(36)30(25)34(43)45)38-26-19-28-21(18-29(26)48-3)13-16-41(28)33(44)27-8-5-15-40(27)2/h4,6-7,9-12,14,17-19,27H,5,8,13,15-16H2,1-3H3,(H,38,39)/t27-/m1/s1. The Balaban J connectivity index is 1.34. The number of rotatable bonds is 6. The molecule has 1 atom stereocenters. The number of amides is 1. The number of hydrogen-bond donors (Lipinski definition) is 1. The predicted molar refractivity (Wildman–Crippen MR) is 184 cm³/mol. The maximum absolute atomic E-state index is 15.1. The number of likely N-dealkylation sites (N-methyl/N-ethyl adjacent to an activating group) is 1. The summed E-state index contributed by atoms with van der Waals surface area (Å²) in [7, 11) is -0.674. The Kier molecular flexibility index (Phi) is 7.19. The molecule has 0 unspecified atom stereocenters. The minimum Gasteiger partial charge on any atom is -0.495 e. The van der Waals surface area contributed by atoms with Crippen molar-refractivity contribution >= 4 is 60.8 Å².